The van der Waals surface area contributed by atoms with E-state index in [1.807, 2.05) is 50.2 Å². The number of nitrogens with zero attached hydrogens (tertiary/aromatic N) is 1. The van der Waals surface area contributed by atoms with E-state index in [0.29, 0.717) is 18.4 Å². The van der Waals surface area contributed by atoms with Crippen LogP contribution in [-0.4, -0.2) is 35.5 Å². The van der Waals surface area contributed by atoms with Crippen LogP contribution in [0.2, 0.25) is 0 Å². The van der Waals surface area contributed by atoms with E-state index in [0.717, 1.165) is 11.1 Å². The number of ether oxygens (including phenoxy) is 2. The van der Waals surface area contributed by atoms with Gasteiger partial charge in [0.1, 0.15) is 6.61 Å². The number of esters is 1. The Balaban J connectivity index is 1.53. The average molecular weight is 434 g/mol. The minimum absolute atomic E-state index is 0.0109. The SMILES string of the molecule is C/C(=C/OC(=O)c1ccccc1)C[C@H](C)/C=C/C(=O)N1C(=O)OC[C@@H]1Cc1ccccc1. The maximum atomic E-state index is 12.7. The van der Waals surface area contributed by atoms with E-state index in [-0.39, 0.29) is 18.6 Å². The molecule has 0 spiro atoms. The van der Waals surface area contributed by atoms with Crippen molar-refractivity contribution in [2.24, 2.45) is 5.92 Å². The van der Waals surface area contributed by atoms with Crippen molar-refractivity contribution in [2.75, 3.05) is 6.61 Å². The number of allylic oxidation sites excluding steroid dienone is 2. The first kappa shape index (κ1) is 23.0. The van der Waals surface area contributed by atoms with E-state index in [1.54, 1.807) is 30.3 Å². The number of rotatable bonds is 8. The second-order valence-electron chi connectivity index (χ2n) is 7.90. The summed E-state index contributed by atoms with van der Waals surface area (Å²) in [6, 6.07) is 18.1. The lowest BCUT2D eigenvalue weighted by molar-refractivity contribution is -0.124. The predicted octanol–water partition coefficient (Wildman–Crippen LogP) is 4.92. The summed E-state index contributed by atoms with van der Waals surface area (Å²) in [5, 5.41) is 0. The van der Waals surface area contributed by atoms with Crippen LogP contribution < -0.4 is 0 Å². The number of hydrogen-bond acceptors (Lipinski definition) is 5. The molecule has 32 heavy (non-hydrogen) atoms. The van der Waals surface area contributed by atoms with Gasteiger partial charge in [-0.2, -0.15) is 0 Å². The Labute approximate surface area is 188 Å². The zero-order valence-corrected chi connectivity index (χ0v) is 18.3. The molecule has 2 amide bonds. The van der Waals surface area contributed by atoms with Crippen LogP contribution in [0.1, 0.15) is 36.2 Å². The molecule has 2 aromatic carbocycles. The smallest absolute Gasteiger partial charge is 0.417 e. The van der Waals surface area contributed by atoms with Gasteiger partial charge in [0.05, 0.1) is 17.9 Å². The lowest BCUT2D eigenvalue weighted by atomic mass is 10.0. The summed E-state index contributed by atoms with van der Waals surface area (Å²) < 4.78 is 10.3. The highest BCUT2D eigenvalue weighted by atomic mass is 16.6. The molecule has 166 valence electrons. The lowest BCUT2D eigenvalue weighted by Crippen LogP contribution is -2.39. The van der Waals surface area contributed by atoms with Crippen LogP contribution in [-0.2, 0) is 20.7 Å². The van der Waals surface area contributed by atoms with Crippen molar-refractivity contribution in [3.05, 3.63) is 95.8 Å². The summed E-state index contributed by atoms with van der Waals surface area (Å²) in [5.41, 5.74) is 2.39. The molecule has 1 heterocycles. The normalized spacial score (nSPS) is 17.3. The fourth-order valence-electron chi connectivity index (χ4n) is 3.51. The van der Waals surface area contributed by atoms with Crippen LogP contribution in [0.5, 0.6) is 0 Å². The number of imide groups is 1. The fourth-order valence-corrected chi connectivity index (χ4v) is 3.51. The third kappa shape index (κ3) is 6.41. The van der Waals surface area contributed by atoms with Crippen molar-refractivity contribution in [3.8, 4) is 0 Å². The van der Waals surface area contributed by atoms with Crippen LogP contribution >= 0.6 is 0 Å². The Morgan fingerprint density at radius 1 is 1.12 bits per heavy atom. The Morgan fingerprint density at radius 2 is 1.78 bits per heavy atom. The van der Waals surface area contributed by atoms with E-state index in [9.17, 15) is 14.4 Å². The molecule has 1 aliphatic rings. The molecular formula is C26H27NO5. The minimum Gasteiger partial charge on any atom is -0.447 e. The van der Waals surface area contributed by atoms with Crippen LogP contribution in [0.4, 0.5) is 4.79 Å². The molecule has 0 aliphatic carbocycles. The van der Waals surface area contributed by atoms with Crippen molar-refractivity contribution in [1.82, 2.24) is 4.90 Å². The van der Waals surface area contributed by atoms with Gasteiger partial charge < -0.3 is 9.47 Å². The van der Waals surface area contributed by atoms with Crippen LogP contribution in [0, 0.1) is 5.92 Å². The molecule has 0 aromatic heterocycles. The van der Waals surface area contributed by atoms with Crippen LogP contribution in [0.25, 0.3) is 0 Å². The first-order chi connectivity index (χ1) is 15.4. The van der Waals surface area contributed by atoms with Gasteiger partial charge in [0.15, 0.2) is 0 Å². The van der Waals surface area contributed by atoms with Gasteiger partial charge in [0, 0.05) is 0 Å². The number of carbonyl (C=O) groups is 3. The summed E-state index contributed by atoms with van der Waals surface area (Å²) in [5.74, 6) is -0.797. The molecule has 2 aromatic rings. The predicted molar refractivity (Wildman–Crippen MR) is 121 cm³/mol. The number of cyclic esters (lactones) is 1. The second-order valence-corrected chi connectivity index (χ2v) is 7.90. The van der Waals surface area contributed by atoms with Crippen molar-refractivity contribution < 1.29 is 23.9 Å². The zero-order chi connectivity index (χ0) is 22.9. The van der Waals surface area contributed by atoms with Gasteiger partial charge in [-0.15, -0.1) is 0 Å². The lowest BCUT2D eigenvalue weighted by Gasteiger charge is -2.18. The van der Waals surface area contributed by atoms with Crippen molar-refractivity contribution in [2.45, 2.75) is 32.7 Å². The summed E-state index contributed by atoms with van der Waals surface area (Å²) in [7, 11) is 0. The molecule has 2 atom stereocenters. The highest BCUT2D eigenvalue weighted by Crippen LogP contribution is 2.19. The third-order valence-corrected chi connectivity index (χ3v) is 5.10. The number of benzene rings is 2. The number of hydrogen-bond donors (Lipinski definition) is 0. The molecule has 1 saturated heterocycles. The van der Waals surface area contributed by atoms with Crippen LogP contribution in [0.15, 0.2) is 84.7 Å². The second kappa shape index (κ2) is 11.1. The van der Waals surface area contributed by atoms with E-state index in [1.165, 1.54) is 17.2 Å². The van der Waals surface area contributed by atoms with Crippen molar-refractivity contribution in [3.63, 3.8) is 0 Å². The number of amides is 2. The van der Waals surface area contributed by atoms with Gasteiger partial charge in [0.2, 0.25) is 0 Å². The van der Waals surface area contributed by atoms with Crippen molar-refractivity contribution >= 4 is 18.0 Å². The standard InChI is InChI=1S/C26H27NO5/c1-19(15-20(2)17-31-25(29)22-11-7-4-8-12-22)13-14-24(28)27-23(18-32-26(27)30)16-21-9-5-3-6-10-21/h3-14,17,19,23H,15-16,18H2,1-2H3/b14-13+,20-17-/t19-,23+/m1/s1. The van der Waals surface area contributed by atoms with Gasteiger partial charge >= 0.3 is 12.1 Å². The van der Waals surface area contributed by atoms with Gasteiger partial charge in [-0.05, 0) is 55.0 Å². The molecule has 0 N–H and O–H groups in total. The highest BCUT2D eigenvalue weighted by molar-refractivity contribution is 5.99. The molecule has 0 unspecified atom stereocenters. The highest BCUT2D eigenvalue weighted by Gasteiger charge is 2.36. The molecule has 0 bridgehead atoms. The summed E-state index contributed by atoms with van der Waals surface area (Å²) >= 11 is 0. The molecule has 0 radical (unpaired) electrons. The first-order valence-electron chi connectivity index (χ1n) is 10.6. The molecular weight excluding hydrogens is 406 g/mol. The maximum absolute atomic E-state index is 12.7. The quantitative estimate of drug-likeness (QED) is 0.336. The van der Waals surface area contributed by atoms with Gasteiger partial charge in [-0.1, -0.05) is 61.5 Å². The molecule has 1 aliphatic heterocycles. The Bertz CT molecular complexity index is 997. The Hall–Kier alpha value is -3.67. The Kier molecular flexibility index (Phi) is 7.97. The topological polar surface area (TPSA) is 72.9 Å². The monoisotopic (exact) mass is 433 g/mol. The maximum Gasteiger partial charge on any atom is 0.417 e. The van der Waals surface area contributed by atoms with Crippen LogP contribution in [0.3, 0.4) is 0 Å². The summed E-state index contributed by atoms with van der Waals surface area (Å²) in [6.07, 6.45) is 5.15. The molecule has 0 saturated carbocycles. The zero-order valence-electron chi connectivity index (χ0n) is 18.3. The molecule has 6 heteroatoms. The largest absolute Gasteiger partial charge is 0.447 e. The minimum atomic E-state index is -0.614. The van der Waals surface area contributed by atoms with E-state index < -0.39 is 18.0 Å². The Morgan fingerprint density at radius 3 is 2.47 bits per heavy atom. The van der Waals surface area contributed by atoms with E-state index in [4.69, 9.17) is 9.47 Å². The average Bonchev–Trinajstić information content (AvgIpc) is 3.17. The summed E-state index contributed by atoms with van der Waals surface area (Å²) in [6.45, 7) is 4.00. The molecule has 1 fully saturated rings. The number of carbonyl (C=O) groups excluding carboxylic acids is 3. The third-order valence-electron chi connectivity index (χ3n) is 5.10. The van der Waals surface area contributed by atoms with Gasteiger partial charge in [0.25, 0.3) is 5.91 Å². The van der Waals surface area contributed by atoms with E-state index in [2.05, 4.69) is 0 Å². The van der Waals surface area contributed by atoms with Gasteiger partial charge in [-0.3, -0.25) is 4.79 Å². The summed E-state index contributed by atoms with van der Waals surface area (Å²) in [4.78, 5) is 38.0. The van der Waals surface area contributed by atoms with Gasteiger partial charge in [-0.25, -0.2) is 14.5 Å². The van der Waals surface area contributed by atoms with Crippen molar-refractivity contribution in [1.29, 1.82) is 0 Å². The molecule has 3 rings (SSSR count). The fraction of sp³-hybridized carbons (Fsp3) is 0.269. The van der Waals surface area contributed by atoms with E-state index >= 15 is 0 Å². The molecule has 6 nitrogen and oxygen atoms in total. The first-order valence-corrected chi connectivity index (χ1v) is 10.6.